The van der Waals surface area contributed by atoms with Crippen LogP contribution in [0.1, 0.15) is 10.4 Å². The molecular weight excluding hydrogens is 664 g/mol. The summed E-state index contributed by atoms with van der Waals surface area (Å²) in [5.41, 5.74) is 2.53. The van der Waals surface area contributed by atoms with Gasteiger partial charge in [-0.1, -0.05) is 11.8 Å². The van der Waals surface area contributed by atoms with Crippen molar-refractivity contribution >= 4 is 73.1 Å². The Morgan fingerprint density at radius 3 is 2.52 bits per heavy atom. The van der Waals surface area contributed by atoms with Gasteiger partial charge in [-0.05, 0) is 58.0 Å². The maximum absolute atomic E-state index is 12.4. The zero-order valence-electron chi connectivity index (χ0n) is 23.0. The van der Waals surface area contributed by atoms with Crippen molar-refractivity contribution in [3.8, 4) is 5.95 Å². The number of carbonyl (C=O) groups is 1. The number of carboxylic acid groups (broad SMARTS) is 1. The highest BCUT2D eigenvalue weighted by molar-refractivity contribution is 7.99. The van der Waals surface area contributed by atoms with Crippen LogP contribution in [0.25, 0.3) is 5.95 Å². The fraction of sp³-hybridized carbons (Fsp3) is 0.182. The minimum Gasteiger partial charge on any atom is -0.478 e. The SMILES string of the molecule is [2H]Nc1nc(SCCNc2nc(Cl)nc(Nc3ccc(S(=O)(=O)CCOS(=O)(=O)O)cc3)n2)nc(-[n+]2cccc(C(=O)O)c2)n1. The Bertz CT molecular complexity index is 1910. The maximum atomic E-state index is 12.4. The lowest BCUT2D eigenvalue weighted by Crippen LogP contribution is -2.34. The summed E-state index contributed by atoms with van der Waals surface area (Å²) in [6.45, 7) is -0.439. The summed E-state index contributed by atoms with van der Waals surface area (Å²) in [6.07, 6.45) is 2.89. The van der Waals surface area contributed by atoms with Gasteiger partial charge in [0, 0.05) is 18.0 Å². The highest BCUT2D eigenvalue weighted by atomic mass is 35.5. The van der Waals surface area contributed by atoms with E-state index in [1.807, 2.05) is 0 Å². The molecule has 0 unspecified atom stereocenters. The van der Waals surface area contributed by atoms with Gasteiger partial charge in [0.25, 0.3) is 5.16 Å². The third kappa shape index (κ3) is 9.62. The van der Waals surface area contributed by atoms with Crippen LogP contribution in [-0.4, -0.2) is 87.0 Å². The molecule has 6 N–H and O–H groups in total. The van der Waals surface area contributed by atoms with Crippen molar-refractivity contribution in [2.24, 2.45) is 0 Å². The first-order valence-electron chi connectivity index (χ1n) is 12.5. The second kappa shape index (κ2) is 14.0. The molecule has 0 bridgehead atoms. The number of rotatable bonds is 15. The number of aromatic nitrogens is 7. The van der Waals surface area contributed by atoms with E-state index in [0.717, 1.165) is 0 Å². The standard InChI is InChI=1S/C22H21ClN10O8S3/c23-17-27-19(25-7-10-42-22-30-18(24)29-21(32-22)33-8-1-2-13(12-33)16(34)35)31-20(28-17)26-14-3-5-15(6-4-14)43(36,37)11-9-41-44(38,39)40/h1-6,8,12H,7,9-11H2,(H5-,24,25,26,27,28,29,30,31,32,34,35,38,39,40)/p+1/i/hD. The van der Waals surface area contributed by atoms with Crippen LogP contribution in [-0.2, 0) is 24.4 Å². The van der Waals surface area contributed by atoms with E-state index in [1.54, 1.807) is 6.20 Å². The summed E-state index contributed by atoms with van der Waals surface area (Å²) in [5.74, 6) is -1.15. The van der Waals surface area contributed by atoms with Crippen LogP contribution in [0.5, 0.6) is 0 Å². The van der Waals surface area contributed by atoms with Crippen molar-refractivity contribution in [2.45, 2.75) is 10.1 Å². The summed E-state index contributed by atoms with van der Waals surface area (Å²) in [5, 5.41) is 15.2. The van der Waals surface area contributed by atoms with E-state index in [1.165, 1.54) is 58.9 Å². The van der Waals surface area contributed by atoms with Crippen LogP contribution in [0.3, 0.4) is 0 Å². The van der Waals surface area contributed by atoms with Gasteiger partial charge in [0.15, 0.2) is 11.2 Å². The van der Waals surface area contributed by atoms with E-state index in [0.29, 0.717) is 18.0 Å². The van der Waals surface area contributed by atoms with E-state index in [2.05, 4.69) is 50.4 Å². The van der Waals surface area contributed by atoms with Gasteiger partial charge in [-0.25, -0.2) is 22.0 Å². The number of nitrogens with zero attached hydrogens (tertiary/aromatic N) is 7. The van der Waals surface area contributed by atoms with Gasteiger partial charge < -0.3 is 21.5 Å². The quantitative estimate of drug-likeness (QED) is 0.0501. The fourth-order valence-corrected chi connectivity index (χ4v) is 5.62. The molecule has 0 aliphatic heterocycles. The van der Waals surface area contributed by atoms with Crippen molar-refractivity contribution in [3.63, 3.8) is 0 Å². The summed E-state index contributed by atoms with van der Waals surface area (Å²) in [4.78, 5) is 36.0. The monoisotopic (exact) mass is 686 g/mol. The van der Waals surface area contributed by atoms with E-state index in [-0.39, 0.29) is 44.7 Å². The Morgan fingerprint density at radius 1 is 1.07 bits per heavy atom. The first-order chi connectivity index (χ1) is 21.3. The highest BCUT2D eigenvalue weighted by Crippen LogP contribution is 2.20. The molecule has 4 rings (SSSR count). The predicted molar refractivity (Wildman–Crippen MR) is 156 cm³/mol. The number of pyridine rings is 1. The Balaban J connectivity index is 1.35. The molecule has 1 aromatic carbocycles. The van der Waals surface area contributed by atoms with Gasteiger partial charge in [0.05, 0.1) is 35.2 Å². The number of hydrogen-bond donors (Lipinski definition) is 5. The van der Waals surface area contributed by atoms with Crippen LogP contribution in [0.15, 0.2) is 58.8 Å². The number of carboxylic acids is 1. The van der Waals surface area contributed by atoms with Gasteiger partial charge in [-0.3, -0.25) is 4.55 Å². The van der Waals surface area contributed by atoms with Crippen LogP contribution in [0.4, 0.5) is 23.5 Å². The molecule has 0 saturated heterocycles. The minimum atomic E-state index is -4.76. The number of anilines is 4. The largest absolute Gasteiger partial charge is 0.478 e. The molecule has 0 amide bonds. The Morgan fingerprint density at radius 2 is 1.82 bits per heavy atom. The first kappa shape index (κ1) is 31.2. The smallest absolute Gasteiger partial charge is 0.443 e. The van der Waals surface area contributed by atoms with E-state index < -0.39 is 38.6 Å². The minimum absolute atomic E-state index is 0.0218. The highest BCUT2D eigenvalue weighted by Gasteiger charge is 2.19. The summed E-state index contributed by atoms with van der Waals surface area (Å²) >= 11 is 7.25. The number of nitrogens with two attached hydrogens (primary N) is 1. The van der Waals surface area contributed by atoms with Crippen molar-refractivity contribution < 1.29 is 41.5 Å². The number of thioether (sulfide) groups is 1. The number of hydrogen-bond acceptors (Lipinski definition) is 16. The fourth-order valence-electron chi connectivity index (χ4n) is 3.28. The van der Waals surface area contributed by atoms with Gasteiger partial charge in [0.2, 0.25) is 17.2 Å². The lowest BCUT2D eigenvalue weighted by Gasteiger charge is -2.09. The lowest BCUT2D eigenvalue weighted by atomic mass is 10.3. The second-order valence-corrected chi connectivity index (χ2v) is 12.9. The molecule has 4 aromatic rings. The average molecular weight is 687 g/mol. The topological polar surface area (TPSA) is 266 Å². The van der Waals surface area contributed by atoms with E-state index >= 15 is 0 Å². The van der Waals surface area contributed by atoms with Gasteiger partial charge in [0.1, 0.15) is 0 Å². The molecule has 3 heterocycles. The van der Waals surface area contributed by atoms with Gasteiger partial charge in [-0.15, -0.1) is 0 Å². The maximum Gasteiger partial charge on any atom is 0.443 e. The molecule has 3 aromatic heterocycles. The van der Waals surface area contributed by atoms with Crippen LogP contribution < -0.4 is 20.9 Å². The number of aromatic carboxylic acids is 1. The Hall–Kier alpha value is -4.28. The molecule has 0 aliphatic rings. The number of nitrogens with one attached hydrogen (secondary N) is 2. The third-order valence-corrected chi connectivity index (χ3v) is 8.34. The Kier molecular flexibility index (Phi) is 9.92. The molecule has 232 valence electrons. The number of benzene rings is 1. The van der Waals surface area contributed by atoms with Crippen LogP contribution >= 0.6 is 23.4 Å². The van der Waals surface area contributed by atoms with Crippen molar-refractivity contribution in [1.29, 1.82) is 0 Å². The average Bonchev–Trinajstić information content (AvgIpc) is 2.98. The molecule has 22 heteroatoms. The zero-order valence-corrected chi connectivity index (χ0v) is 25.2. The van der Waals surface area contributed by atoms with E-state index in [9.17, 15) is 26.7 Å². The molecule has 18 nitrogen and oxygen atoms in total. The molecule has 0 spiro atoms. The van der Waals surface area contributed by atoms with Crippen LogP contribution in [0.2, 0.25) is 6.70 Å². The van der Waals surface area contributed by atoms with E-state index in [4.69, 9.17) is 17.6 Å². The van der Waals surface area contributed by atoms with Gasteiger partial charge in [-0.2, -0.15) is 28.4 Å². The van der Waals surface area contributed by atoms with Gasteiger partial charge >= 0.3 is 28.3 Å². The first-order valence-corrected chi connectivity index (χ1v) is 16.4. The lowest BCUT2D eigenvalue weighted by molar-refractivity contribution is -0.604. The normalized spacial score (nSPS) is 11.9. The molecule has 0 radical (unpaired) electrons. The Labute approximate surface area is 260 Å². The molecule has 0 saturated carbocycles. The molecular formula is C22H22ClN10O8S3+. The van der Waals surface area contributed by atoms with Crippen molar-refractivity contribution in [3.05, 3.63) is 59.6 Å². The van der Waals surface area contributed by atoms with Crippen molar-refractivity contribution in [2.75, 3.05) is 41.0 Å². The zero-order chi connectivity index (χ0) is 32.6. The molecule has 44 heavy (non-hydrogen) atoms. The molecule has 0 atom stereocenters. The number of nitrogen functional groups attached to an aromatic ring is 1. The number of sulfone groups is 1. The second-order valence-electron chi connectivity index (χ2n) is 8.29. The van der Waals surface area contributed by atoms with Crippen LogP contribution in [0, 0.1) is 0 Å². The predicted octanol–water partition coefficient (Wildman–Crippen LogP) is 0.808. The van der Waals surface area contributed by atoms with Crippen molar-refractivity contribution in [1.82, 2.24) is 29.9 Å². The summed E-state index contributed by atoms with van der Waals surface area (Å²) in [7, 11) is -8.65. The molecule has 0 aliphatic carbocycles. The molecule has 0 fully saturated rings. The third-order valence-electron chi connectivity index (χ3n) is 5.16. The summed E-state index contributed by atoms with van der Waals surface area (Å²) < 4.78 is 67.4. The summed E-state index contributed by atoms with van der Waals surface area (Å²) in [6, 6.07) is 8.35. The number of halogens is 1.